The summed E-state index contributed by atoms with van der Waals surface area (Å²) in [4.78, 5) is 12.1. The molecule has 1 aliphatic rings. The maximum Gasteiger partial charge on any atom is 0.320 e. The molecule has 1 aliphatic heterocycles. The fraction of sp³-hybridized carbons (Fsp3) is 0.444. The van der Waals surface area contributed by atoms with Gasteiger partial charge in [-0.25, -0.2) is 0 Å². The molecule has 2 N–H and O–H groups in total. The number of halogens is 2. The van der Waals surface area contributed by atoms with Gasteiger partial charge in [0.05, 0.1) is 9.16 Å². The predicted molar refractivity (Wildman–Crippen MR) is 74.1 cm³/mol. The van der Waals surface area contributed by atoms with Gasteiger partial charge in [-0.2, -0.15) is 0 Å². The van der Waals surface area contributed by atoms with Gasteiger partial charge in [0.25, 0.3) is 0 Å². The minimum atomic E-state index is -0.764. The lowest BCUT2D eigenvalue weighted by molar-refractivity contribution is -0.139. The highest BCUT2D eigenvalue weighted by atomic mass is 79.9. The van der Waals surface area contributed by atoms with Crippen molar-refractivity contribution < 1.29 is 9.90 Å². The van der Waals surface area contributed by atoms with Gasteiger partial charge in [-0.15, -0.1) is 23.1 Å². The number of carboxylic acid groups (broad SMARTS) is 1. The molecule has 16 heavy (non-hydrogen) atoms. The van der Waals surface area contributed by atoms with Crippen LogP contribution in [0, 0.1) is 0 Å². The van der Waals surface area contributed by atoms with Crippen LogP contribution >= 0.6 is 55.0 Å². The first kappa shape index (κ1) is 12.9. The molecule has 0 radical (unpaired) electrons. The van der Waals surface area contributed by atoms with Crippen molar-refractivity contribution >= 4 is 60.9 Å². The van der Waals surface area contributed by atoms with E-state index in [9.17, 15) is 4.79 Å². The number of thiophene rings is 1. The second-order valence-electron chi connectivity index (χ2n) is 3.37. The fourth-order valence-corrected chi connectivity index (χ4v) is 4.95. The molecule has 1 aromatic heterocycles. The normalized spacial score (nSPS) is 25.6. The van der Waals surface area contributed by atoms with E-state index in [0.717, 1.165) is 18.9 Å². The molecule has 1 saturated heterocycles. The first-order chi connectivity index (χ1) is 7.58. The predicted octanol–water partition coefficient (Wildman–Crippen LogP) is 3.45. The molecule has 0 aromatic carbocycles. The standard InChI is InChI=1S/C9H9Br2NO2S2/c10-4-3-6(16-7(4)11)8-12-5(9(13)14)1-2-15-8/h3,5,8,12H,1-2H2,(H,13,14). The molecule has 7 heteroatoms. The maximum absolute atomic E-state index is 10.9. The molecular weight excluding hydrogens is 378 g/mol. The van der Waals surface area contributed by atoms with E-state index >= 15 is 0 Å². The first-order valence-electron chi connectivity index (χ1n) is 4.63. The number of thioether (sulfide) groups is 1. The summed E-state index contributed by atoms with van der Waals surface area (Å²) in [5, 5.41) is 12.2. The molecule has 2 unspecified atom stereocenters. The van der Waals surface area contributed by atoms with E-state index in [0.29, 0.717) is 6.42 Å². The van der Waals surface area contributed by atoms with E-state index in [1.54, 1.807) is 23.1 Å². The molecule has 88 valence electrons. The Labute approximate surface area is 118 Å². The molecule has 0 saturated carbocycles. The minimum Gasteiger partial charge on any atom is -0.480 e. The Balaban J connectivity index is 2.12. The van der Waals surface area contributed by atoms with Crippen molar-refractivity contribution in [1.82, 2.24) is 5.32 Å². The topological polar surface area (TPSA) is 49.3 Å². The summed E-state index contributed by atoms with van der Waals surface area (Å²) >= 11 is 10.3. The summed E-state index contributed by atoms with van der Waals surface area (Å²) < 4.78 is 2.06. The van der Waals surface area contributed by atoms with Crippen LogP contribution in [-0.4, -0.2) is 22.9 Å². The van der Waals surface area contributed by atoms with Crippen molar-refractivity contribution in [2.75, 3.05) is 5.75 Å². The van der Waals surface area contributed by atoms with E-state index in [2.05, 4.69) is 37.2 Å². The van der Waals surface area contributed by atoms with Crippen LogP contribution in [0.4, 0.5) is 0 Å². The fourth-order valence-electron chi connectivity index (χ4n) is 1.47. The monoisotopic (exact) mass is 385 g/mol. The highest BCUT2D eigenvalue weighted by Gasteiger charge is 2.28. The third-order valence-electron chi connectivity index (χ3n) is 2.26. The van der Waals surface area contributed by atoms with Crippen molar-refractivity contribution in [1.29, 1.82) is 0 Å². The second kappa shape index (κ2) is 5.39. The van der Waals surface area contributed by atoms with Crippen LogP contribution in [0.3, 0.4) is 0 Å². The molecule has 2 rings (SSSR count). The third kappa shape index (κ3) is 2.81. The largest absolute Gasteiger partial charge is 0.480 e. The SMILES string of the molecule is O=C(O)C1CCSC(c2cc(Br)c(Br)s2)N1. The quantitative estimate of drug-likeness (QED) is 0.817. The van der Waals surface area contributed by atoms with Gasteiger partial charge in [0.15, 0.2) is 0 Å². The molecule has 2 heterocycles. The second-order valence-corrected chi connectivity index (χ2v) is 7.84. The van der Waals surface area contributed by atoms with Crippen molar-refractivity contribution in [2.24, 2.45) is 0 Å². The van der Waals surface area contributed by atoms with Crippen LogP contribution in [0.25, 0.3) is 0 Å². The Morgan fingerprint density at radius 3 is 2.88 bits per heavy atom. The lowest BCUT2D eigenvalue weighted by atomic mass is 10.2. The molecule has 2 atom stereocenters. The highest BCUT2D eigenvalue weighted by molar-refractivity contribution is 9.13. The molecule has 0 amide bonds. The first-order valence-corrected chi connectivity index (χ1v) is 8.08. The summed E-state index contributed by atoms with van der Waals surface area (Å²) in [6.07, 6.45) is 0.685. The lowest BCUT2D eigenvalue weighted by Gasteiger charge is -2.27. The van der Waals surface area contributed by atoms with Crippen molar-refractivity contribution in [3.63, 3.8) is 0 Å². The third-order valence-corrected chi connectivity index (χ3v) is 6.93. The van der Waals surface area contributed by atoms with Crippen LogP contribution < -0.4 is 5.32 Å². The van der Waals surface area contributed by atoms with E-state index in [1.807, 2.05) is 6.07 Å². The smallest absolute Gasteiger partial charge is 0.320 e. The summed E-state index contributed by atoms with van der Waals surface area (Å²) in [5.41, 5.74) is 0. The van der Waals surface area contributed by atoms with Crippen molar-refractivity contribution in [3.8, 4) is 0 Å². The van der Waals surface area contributed by atoms with Crippen LogP contribution in [0.15, 0.2) is 14.3 Å². The Hall–Kier alpha value is 0.440. The molecule has 1 fully saturated rings. The van der Waals surface area contributed by atoms with Gasteiger partial charge < -0.3 is 5.11 Å². The minimum absolute atomic E-state index is 0.0856. The van der Waals surface area contributed by atoms with Gasteiger partial charge in [-0.1, -0.05) is 0 Å². The van der Waals surface area contributed by atoms with Gasteiger partial charge >= 0.3 is 5.97 Å². The zero-order chi connectivity index (χ0) is 11.7. The number of hydrogen-bond acceptors (Lipinski definition) is 4. The van der Waals surface area contributed by atoms with Gasteiger partial charge in [-0.05, 0) is 50.1 Å². The average molecular weight is 387 g/mol. The van der Waals surface area contributed by atoms with Crippen molar-refractivity contribution in [3.05, 3.63) is 19.2 Å². The summed E-state index contributed by atoms with van der Waals surface area (Å²) in [7, 11) is 0. The van der Waals surface area contributed by atoms with Gasteiger partial charge in [0, 0.05) is 9.35 Å². The Morgan fingerprint density at radius 2 is 2.31 bits per heavy atom. The molecule has 0 aliphatic carbocycles. The molecule has 0 bridgehead atoms. The van der Waals surface area contributed by atoms with Crippen LogP contribution in [0.5, 0.6) is 0 Å². The Kier molecular flexibility index (Phi) is 4.34. The molecule has 0 spiro atoms. The van der Waals surface area contributed by atoms with Gasteiger partial charge in [-0.3, -0.25) is 10.1 Å². The van der Waals surface area contributed by atoms with Crippen molar-refractivity contribution in [2.45, 2.75) is 17.8 Å². The number of carbonyl (C=O) groups is 1. The molecule has 3 nitrogen and oxygen atoms in total. The van der Waals surface area contributed by atoms with E-state index in [-0.39, 0.29) is 5.37 Å². The number of hydrogen-bond donors (Lipinski definition) is 2. The number of nitrogens with one attached hydrogen (secondary N) is 1. The van der Waals surface area contributed by atoms with Crippen LogP contribution in [0.1, 0.15) is 16.7 Å². The lowest BCUT2D eigenvalue weighted by Crippen LogP contribution is -2.41. The Morgan fingerprint density at radius 1 is 1.56 bits per heavy atom. The summed E-state index contributed by atoms with van der Waals surface area (Å²) in [6.45, 7) is 0. The van der Waals surface area contributed by atoms with E-state index < -0.39 is 12.0 Å². The average Bonchev–Trinajstić information content (AvgIpc) is 2.59. The van der Waals surface area contributed by atoms with Gasteiger partial charge in [0.1, 0.15) is 6.04 Å². The van der Waals surface area contributed by atoms with Gasteiger partial charge in [0.2, 0.25) is 0 Å². The number of rotatable bonds is 2. The summed E-state index contributed by atoms with van der Waals surface area (Å²) in [6, 6.07) is 1.61. The zero-order valence-corrected chi connectivity index (χ0v) is 12.9. The zero-order valence-electron chi connectivity index (χ0n) is 8.07. The van der Waals surface area contributed by atoms with Crippen LogP contribution in [0.2, 0.25) is 0 Å². The Bertz CT molecular complexity index is 391. The summed E-state index contributed by atoms with van der Waals surface area (Å²) in [5.74, 6) is 0.113. The molecule has 1 aromatic rings. The number of aliphatic carboxylic acids is 1. The van der Waals surface area contributed by atoms with E-state index in [1.165, 1.54) is 0 Å². The maximum atomic E-state index is 10.9. The molecular formula is C9H9Br2NO2S2. The number of carboxylic acids is 1. The highest BCUT2D eigenvalue weighted by Crippen LogP contribution is 2.41. The van der Waals surface area contributed by atoms with E-state index in [4.69, 9.17) is 5.11 Å². The van der Waals surface area contributed by atoms with Crippen LogP contribution in [-0.2, 0) is 4.79 Å².